The average molecular weight is 264 g/mol. The number of alkyl halides is 3. The van der Waals surface area contributed by atoms with Crippen molar-refractivity contribution in [2.24, 2.45) is 4.99 Å². The number of hydrogen-bond acceptors (Lipinski definition) is 2. The van der Waals surface area contributed by atoms with E-state index in [9.17, 15) is 13.2 Å². The molecule has 0 unspecified atom stereocenters. The van der Waals surface area contributed by atoms with Crippen molar-refractivity contribution >= 4 is 11.9 Å². The van der Waals surface area contributed by atoms with Crippen molar-refractivity contribution in [3.05, 3.63) is 59.4 Å². The van der Waals surface area contributed by atoms with Crippen molar-refractivity contribution in [1.82, 2.24) is 4.98 Å². The van der Waals surface area contributed by atoms with E-state index in [0.717, 1.165) is 17.8 Å². The van der Waals surface area contributed by atoms with Crippen molar-refractivity contribution in [3.63, 3.8) is 0 Å². The Kier molecular flexibility index (Phi) is 3.64. The van der Waals surface area contributed by atoms with E-state index in [1.165, 1.54) is 18.3 Å². The molecule has 1 aromatic carbocycles. The fraction of sp³-hybridized carbons (Fsp3) is 0.143. The largest absolute Gasteiger partial charge is 0.416 e. The molecule has 2 nitrogen and oxygen atoms in total. The zero-order valence-corrected chi connectivity index (χ0v) is 10.1. The first-order chi connectivity index (χ1) is 8.95. The minimum Gasteiger partial charge on any atom is -0.255 e. The van der Waals surface area contributed by atoms with Gasteiger partial charge in [-0.05, 0) is 43.3 Å². The van der Waals surface area contributed by atoms with E-state index in [2.05, 4.69) is 9.98 Å². The summed E-state index contributed by atoms with van der Waals surface area (Å²) in [7, 11) is 0. The van der Waals surface area contributed by atoms with Crippen LogP contribution in [-0.4, -0.2) is 11.2 Å². The quantitative estimate of drug-likeness (QED) is 0.748. The molecule has 0 saturated carbocycles. The zero-order chi connectivity index (χ0) is 13.9. The van der Waals surface area contributed by atoms with Gasteiger partial charge in [-0.15, -0.1) is 0 Å². The molecule has 0 atom stereocenters. The van der Waals surface area contributed by atoms with Crippen LogP contribution in [0.5, 0.6) is 0 Å². The summed E-state index contributed by atoms with van der Waals surface area (Å²) in [6.45, 7) is 1.86. The van der Waals surface area contributed by atoms with Crippen LogP contribution >= 0.6 is 0 Å². The summed E-state index contributed by atoms with van der Waals surface area (Å²) in [4.78, 5) is 8.30. The average Bonchev–Trinajstić information content (AvgIpc) is 2.36. The summed E-state index contributed by atoms with van der Waals surface area (Å²) in [5.74, 6) is 0. The number of aryl methyl sites for hydroxylation is 1. The van der Waals surface area contributed by atoms with Gasteiger partial charge in [0.2, 0.25) is 0 Å². The summed E-state index contributed by atoms with van der Waals surface area (Å²) in [6, 6.07) is 10.2. The Bertz CT molecular complexity index is 586. The number of hydrogen-bond donors (Lipinski definition) is 0. The van der Waals surface area contributed by atoms with Gasteiger partial charge < -0.3 is 0 Å². The van der Waals surface area contributed by atoms with Gasteiger partial charge in [-0.2, -0.15) is 13.2 Å². The topological polar surface area (TPSA) is 25.2 Å². The third-order valence-electron chi connectivity index (χ3n) is 2.45. The Morgan fingerprint density at radius 3 is 2.32 bits per heavy atom. The van der Waals surface area contributed by atoms with Gasteiger partial charge in [-0.1, -0.05) is 6.07 Å². The normalized spacial score (nSPS) is 12.0. The highest BCUT2D eigenvalue weighted by Crippen LogP contribution is 2.30. The molecular weight excluding hydrogens is 253 g/mol. The van der Waals surface area contributed by atoms with Crippen LogP contribution in [0.3, 0.4) is 0 Å². The zero-order valence-electron chi connectivity index (χ0n) is 10.1. The number of aromatic nitrogens is 1. The van der Waals surface area contributed by atoms with E-state index in [1.807, 2.05) is 19.1 Å². The molecule has 0 aliphatic carbocycles. The molecule has 2 aromatic rings. The molecule has 0 fully saturated rings. The standard InChI is InChI=1S/C14H11F3N2/c1-10-3-2-4-13(19-10)9-18-12-7-5-11(6-8-12)14(15,16)17/h2-9H,1H3. The van der Waals surface area contributed by atoms with E-state index in [4.69, 9.17) is 0 Å². The van der Waals surface area contributed by atoms with Gasteiger partial charge in [0.05, 0.1) is 23.2 Å². The highest BCUT2D eigenvalue weighted by atomic mass is 19.4. The van der Waals surface area contributed by atoms with Crippen LogP contribution in [0.15, 0.2) is 47.5 Å². The molecule has 1 heterocycles. The maximum atomic E-state index is 12.4. The molecule has 0 spiro atoms. The number of aliphatic imine (C=N–C) groups is 1. The summed E-state index contributed by atoms with van der Waals surface area (Å²) >= 11 is 0. The fourth-order valence-corrected chi connectivity index (χ4v) is 1.51. The summed E-state index contributed by atoms with van der Waals surface area (Å²) in [5, 5.41) is 0. The van der Waals surface area contributed by atoms with E-state index in [0.29, 0.717) is 11.4 Å². The number of nitrogens with zero attached hydrogens (tertiary/aromatic N) is 2. The molecule has 0 N–H and O–H groups in total. The SMILES string of the molecule is Cc1cccc(C=Nc2ccc(C(F)(F)F)cc2)n1. The molecule has 19 heavy (non-hydrogen) atoms. The van der Waals surface area contributed by atoms with Crippen LogP contribution in [0.1, 0.15) is 17.0 Å². The lowest BCUT2D eigenvalue weighted by molar-refractivity contribution is -0.137. The number of rotatable bonds is 2. The van der Waals surface area contributed by atoms with E-state index >= 15 is 0 Å². The first kappa shape index (κ1) is 13.3. The number of benzene rings is 1. The Labute approximate surface area is 108 Å². The molecule has 2 rings (SSSR count). The van der Waals surface area contributed by atoms with Crippen molar-refractivity contribution in [2.45, 2.75) is 13.1 Å². The molecule has 0 saturated heterocycles. The molecule has 1 aromatic heterocycles. The van der Waals surface area contributed by atoms with Crippen LogP contribution in [0, 0.1) is 6.92 Å². The Morgan fingerprint density at radius 2 is 1.74 bits per heavy atom. The molecule has 98 valence electrons. The lowest BCUT2D eigenvalue weighted by Crippen LogP contribution is -2.03. The van der Waals surface area contributed by atoms with E-state index in [-0.39, 0.29) is 0 Å². The summed E-state index contributed by atoms with van der Waals surface area (Å²) in [5.41, 5.74) is 1.30. The molecule has 0 aliphatic rings. The van der Waals surface area contributed by atoms with E-state index < -0.39 is 11.7 Å². The third kappa shape index (κ3) is 3.64. The van der Waals surface area contributed by atoms with Gasteiger partial charge in [-0.25, -0.2) is 0 Å². The van der Waals surface area contributed by atoms with Crippen LogP contribution < -0.4 is 0 Å². The highest BCUT2D eigenvalue weighted by Gasteiger charge is 2.29. The lowest BCUT2D eigenvalue weighted by atomic mass is 10.2. The highest BCUT2D eigenvalue weighted by molar-refractivity contribution is 5.79. The van der Waals surface area contributed by atoms with Crippen molar-refractivity contribution in [3.8, 4) is 0 Å². The van der Waals surface area contributed by atoms with Crippen molar-refractivity contribution in [1.29, 1.82) is 0 Å². The fourth-order valence-electron chi connectivity index (χ4n) is 1.51. The van der Waals surface area contributed by atoms with Gasteiger partial charge in [-0.3, -0.25) is 9.98 Å². The molecule has 0 bridgehead atoms. The van der Waals surface area contributed by atoms with E-state index in [1.54, 1.807) is 6.07 Å². The minimum atomic E-state index is -4.32. The second kappa shape index (κ2) is 5.22. The summed E-state index contributed by atoms with van der Waals surface area (Å²) in [6.07, 6.45) is -2.80. The van der Waals surface area contributed by atoms with Crippen molar-refractivity contribution in [2.75, 3.05) is 0 Å². The maximum absolute atomic E-state index is 12.4. The molecule has 0 aliphatic heterocycles. The van der Waals surface area contributed by atoms with Crippen molar-refractivity contribution < 1.29 is 13.2 Å². The molecule has 0 radical (unpaired) electrons. The first-order valence-electron chi connectivity index (χ1n) is 5.60. The smallest absolute Gasteiger partial charge is 0.255 e. The van der Waals surface area contributed by atoms with Crippen LogP contribution in [0.4, 0.5) is 18.9 Å². The number of halogens is 3. The van der Waals surface area contributed by atoms with Crippen LogP contribution in [-0.2, 0) is 6.18 Å². The van der Waals surface area contributed by atoms with Gasteiger partial charge >= 0.3 is 6.18 Å². The Hall–Kier alpha value is -2.17. The monoisotopic (exact) mass is 264 g/mol. The maximum Gasteiger partial charge on any atom is 0.416 e. The van der Waals surface area contributed by atoms with Gasteiger partial charge in [0.15, 0.2) is 0 Å². The second-order valence-corrected chi connectivity index (χ2v) is 4.01. The third-order valence-corrected chi connectivity index (χ3v) is 2.45. The van der Waals surface area contributed by atoms with Gasteiger partial charge in [0.25, 0.3) is 0 Å². The Morgan fingerprint density at radius 1 is 1.05 bits per heavy atom. The molecule has 5 heteroatoms. The minimum absolute atomic E-state index is 0.455. The molecule has 0 amide bonds. The first-order valence-corrected chi connectivity index (χ1v) is 5.60. The summed E-state index contributed by atoms with van der Waals surface area (Å²) < 4.78 is 37.1. The predicted molar refractivity (Wildman–Crippen MR) is 67.7 cm³/mol. The predicted octanol–water partition coefficient (Wildman–Crippen LogP) is 4.16. The van der Waals surface area contributed by atoms with Crippen LogP contribution in [0.25, 0.3) is 0 Å². The molecular formula is C14H11F3N2. The van der Waals surface area contributed by atoms with Gasteiger partial charge in [0.1, 0.15) is 0 Å². The van der Waals surface area contributed by atoms with Crippen LogP contribution in [0.2, 0.25) is 0 Å². The second-order valence-electron chi connectivity index (χ2n) is 4.01. The van der Waals surface area contributed by atoms with Gasteiger partial charge in [0, 0.05) is 5.69 Å². The lowest BCUT2D eigenvalue weighted by Gasteiger charge is -2.05. The number of pyridine rings is 1. The Balaban J connectivity index is 2.16.